The normalized spacial score (nSPS) is 32.9. The predicted molar refractivity (Wildman–Crippen MR) is 67.3 cm³/mol. The lowest BCUT2D eigenvalue weighted by molar-refractivity contribution is -1.02. The molecule has 0 aromatic rings. The van der Waals surface area contributed by atoms with Gasteiger partial charge in [0.15, 0.2) is 6.04 Å². The van der Waals surface area contributed by atoms with E-state index in [2.05, 4.69) is 13.5 Å². The molecule has 0 radical (unpaired) electrons. The van der Waals surface area contributed by atoms with Crippen molar-refractivity contribution in [2.24, 2.45) is 0 Å². The molecular formula is C13H23N3O2+2. The lowest BCUT2D eigenvalue weighted by atomic mass is 10.2. The molecule has 18 heavy (non-hydrogen) atoms. The van der Waals surface area contributed by atoms with Gasteiger partial charge in [0.2, 0.25) is 5.91 Å². The zero-order valence-corrected chi connectivity index (χ0v) is 11.1. The van der Waals surface area contributed by atoms with Gasteiger partial charge in [-0.3, -0.25) is 14.5 Å². The molecule has 0 spiro atoms. The van der Waals surface area contributed by atoms with Gasteiger partial charge in [0.05, 0.1) is 13.0 Å². The number of rotatable bonds is 4. The SMILES string of the molecule is C=CCN1C(=O)C[C@@H]([NH+]2CC[NH+](CC)CC2)C1=O. The summed E-state index contributed by atoms with van der Waals surface area (Å²) in [4.78, 5) is 28.2. The fourth-order valence-corrected chi connectivity index (χ4v) is 2.95. The number of hydrogen-bond donors (Lipinski definition) is 2. The minimum Gasteiger partial charge on any atom is -0.326 e. The van der Waals surface area contributed by atoms with Crippen LogP contribution in [0.15, 0.2) is 12.7 Å². The van der Waals surface area contributed by atoms with E-state index in [4.69, 9.17) is 0 Å². The van der Waals surface area contributed by atoms with E-state index in [-0.39, 0.29) is 17.9 Å². The minimum absolute atomic E-state index is 0.00477. The van der Waals surface area contributed by atoms with Gasteiger partial charge in [-0.2, -0.15) is 0 Å². The van der Waals surface area contributed by atoms with Crippen LogP contribution in [0.3, 0.4) is 0 Å². The van der Waals surface area contributed by atoms with E-state index in [1.165, 1.54) is 9.80 Å². The highest BCUT2D eigenvalue weighted by molar-refractivity contribution is 6.04. The third-order valence-electron chi connectivity index (χ3n) is 4.15. The van der Waals surface area contributed by atoms with Gasteiger partial charge >= 0.3 is 0 Å². The number of imide groups is 1. The van der Waals surface area contributed by atoms with Crippen LogP contribution < -0.4 is 9.80 Å². The number of quaternary nitrogens is 2. The second kappa shape index (κ2) is 5.63. The van der Waals surface area contributed by atoms with Gasteiger partial charge < -0.3 is 9.80 Å². The Morgan fingerprint density at radius 3 is 2.56 bits per heavy atom. The summed E-state index contributed by atoms with van der Waals surface area (Å²) in [6.45, 7) is 11.5. The van der Waals surface area contributed by atoms with Gasteiger partial charge in [0, 0.05) is 6.54 Å². The molecule has 2 aliphatic rings. The second-order valence-corrected chi connectivity index (χ2v) is 5.15. The van der Waals surface area contributed by atoms with E-state index < -0.39 is 0 Å². The molecule has 2 saturated heterocycles. The van der Waals surface area contributed by atoms with Crippen LogP contribution in [0.1, 0.15) is 13.3 Å². The van der Waals surface area contributed by atoms with E-state index in [1.54, 1.807) is 11.0 Å². The van der Waals surface area contributed by atoms with Gasteiger partial charge in [-0.05, 0) is 6.92 Å². The summed E-state index contributed by atoms with van der Waals surface area (Å²) in [5.41, 5.74) is 0. The number of likely N-dealkylation sites (tertiary alicyclic amines) is 1. The van der Waals surface area contributed by atoms with Crippen molar-refractivity contribution in [1.29, 1.82) is 0 Å². The molecule has 2 fully saturated rings. The monoisotopic (exact) mass is 253 g/mol. The van der Waals surface area contributed by atoms with Crippen LogP contribution >= 0.6 is 0 Å². The number of likely N-dealkylation sites (N-methyl/N-ethyl adjacent to an activating group) is 1. The molecule has 2 N–H and O–H groups in total. The van der Waals surface area contributed by atoms with Crippen LogP contribution in [0.25, 0.3) is 0 Å². The molecular weight excluding hydrogens is 230 g/mol. The molecule has 2 heterocycles. The highest BCUT2D eigenvalue weighted by Crippen LogP contribution is 2.10. The third kappa shape index (κ3) is 2.47. The maximum absolute atomic E-state index is 12.2. The van der Waals surface area contributed by atoms with Crippen molar-refractivity contribution in [2.45, 2.75) is 19.4 Å². The fraction of sp³-hybridized carbons (Fsp3) is 0.692. The molecule has 0 unspecified atom stereocenters. The Kier molecular flexibility index (Phi) is 4.14. The van der Waals surface area contributed by atoms with E-state index in [9.17, 15) is 9.59 Å². The molecule has 2 amide bonds. The molecule has 0 aromatic carbocycles. The van der Waals surface area contributed by atoms with Crippen molar-refractivity contribution in [1.82, 2.24) is 4.90 Å². The zero-order valence-electron chi connectivity index (χ0n) is 11.1. The molecule has 0 bridgehead atoms. The van der Waals surface area contributed by atoms with Crippen LogP contribution in [-0.4, -0.2) is 62.0 Å². The average molecular weight is 253 g/mol. The van der Waals surface area contributed by atoms with Crippen molar-refractivity contribution >= 4 is 11.8 Å². The lowest BCUT2D eigenvalue weighted by Gasteiger charge is -2.31. The van der Waals surface area contributed by atoms with Crippen molar-refractivity contribution < 1.29 is 19.4 Å². The first-order valence-corrected chi connectivity index (χ1v) is 6.80. The van der Waals surface area contributed by atoms with Gasteiger partial charge in [-0.1, -0.05) is 6.08 Å². The highest BCUT2D eigenvalue weighted by Gasteiger charge is 2.45. The molecule has 0 aromatic heterocycles. The fourth-order valence-electron chi connectivity index (χ4n) is 2.95. The summed E-state index contributed by atoms with van der Waals surface area (Å²) < 4.78 is 0. The Labute approximate surface area is 108 Å². The van der Waals surface area contributed by atoms with Gasteiger partial charge in [-0.15, -0.1) is 6.58 Å². The highest BCUT2D eigenvalue weighted by atomic mass is 16.2. The first kappa shape index (κ1) is 13.2. The van der Waals surface area contributed by atoms with E-state index >= 15 is 0 Å². The molecule has 5 nitrogen and oxygen atoms in total. The second-order valence-electron chi connectivity index (χ2n) is 5.15. The van der Waals surface area contributed by atoms with Crippen molar-refractivity contribution in [3.63, 3.8) is 0 Å². The molecule has 100 valence electrons. The molecule has 0 saturated carbocycles. The summed E-state index contributed by atoms with van der Waals surface area (Å²) in [6, 6.07) is -0.143. The Bertz CT molecular complexity index is 348. The Morgan fingerprint density at radius 1 is 1.33 bits per heavy atom. The number of amides is 2. The molecule has 0 aliphatic carbocycles. The smallest absolute Gasteiger partial charge is 0.288 e. The van der Waals surface area contributed by atoms with Crippen LogP contribution in [0.5, 0.6) is 0 Å². The summed E-state index contributed by atoms with van der Waals surface area (Å²) in [5, 5.41) is 0. The summed E-state index contributed by atoms with van der Waals surface area (Å²) in [7, 11) is 0. The molecule has 1 atom stereocenters. The summed E-state index contributed by atoms with van der Waals surface area (Å²) in [6.07, 6.45) is 2.00. The maximum Gasteiger partial charge on any atom is 0.288 e. The number of hydrogen-bond acceptors (Lipinski definition) is 2. The lowest BCUT2D eigenvalue weighted by Crippen LogP contribution is -3.29. The number of nitrogens with one attached hydrogen (secondary N) is 2. The first-order chi connectivity index (χ1) is 8.67. The number of piperazine rings is 1. The van der Waals surface area contributed by atoms with E-state index in [0.29, 0.717) is 13.0 Å². The van der Waals surface area contributed by atoms with E-state index in [0.717, 1.165) is 32.7 Å². The van der Waals surface area contributed by atoms with Crippen LogP contribution in [-0.2, 0) is 9.59 Å². The van der Waals surface area contributed by atoms with Gasteiger partial charge in [-0.25, -0.2) is 0 Å². The van der Waals surface area contributed by atoms with Gasteiger partial charge in [0.1, 0.15) is 26.2 Å². The average Bonchev–Trinajstić information content (AvgIpc) is 2.67. The molecule has 5 heteroatoms. The summed E-state index contributed by atoms with van der Waals surface area (Å²) in [5.74, 6) is -0.0440. The third-order valence-corrected chi connectivity index (χ3v) is 4.15. The van der Waals surface area contributed by atoms with Crippen LogP contribution in [0, 0.1) is 0 Å². The standard InChI is InChI=1S/C13H21N3O2/c1-3-5-16-12(17)10-11(13(16)18)15-8-6-14(4-2)7-9-15/h3,11H,1,4-10H2,2H3/p+2/t11-/m1/s1. The van der Waals surface area contributed by atoms with Crippen molar-refractivity contribution in [3.05, 3.63) is 12.7 Å². The van der Waals surface area contributed by atoms with Gasteiger partial charge in [0.25, 0.3) is 5.91 Å². The largest absolute Gasteiger partial charge is 0.326 e. The Morgan fingerprint density at radius 2 is 2.00 bits per heavy atom. The molecule has 2 aliphatic heterocycles. The van der Waals surface area contributed by atoms with E-state index in [1.807, 2.05) is 0 Å². The molecule has 2 rings (SSSR count). The van der Waals surface area contributed by atoms with Crippen molar-refractivity contribution in [2.75, 3.05) is 39.3 Å². The number of carbonyl (C=O) groups is 2. The van der Waals surface area contributed by atoms with Crippen molar-refractivity contribution in [3.8, 4) is 0 Å². The number of carbonyl (C=O) groups excluding carboxylic acids is 2. The quantitative estimate of drug-likeness (QED) is 0.417. The summed E-state index contributed by atoms with van der Waals surface area (Å²) >= 11 is 0. The number of nitrogens with zero attached hydrogens (tertiary/aromatic N) is 1. The zero-order chi connectivity index (χ0) is 13.1. The Hall–Kier alpha value is -1.20. The first-order valence-electron chi connectivity index (χ1n) is 6.80. The maximum atomic E-state index is 12.2. The minimum atomic E-state index is -0.143. The Balaban J connectivity index is 1.96. The topological polar surface area (TPSA) is 46.3 Å². The predicted octanol–water partition coefficient (Wildman–Crippen LogP) is -2.90. The van der Waals surface area contributed by atoms with Crippen LogP contribution in [0.4, 0.5) is 0 Å². The van der Waals surface area contributed by atoms with Crippen LogP contribution in [0.2, 0.25) is 0 Å².